The number of hydrogen-bond donors (Lipinski definition) is 3. The first-order valence-electron chi connectivity index (χ1n) is 5.50. The summed E-state index contributed by atoms with van der Waals surface area (Å²) < 4.78 is 0. The van der Waals surface area contributed by atoms with Crippen LogP contribution in [0, 0.1) is 0 Å². The van der Waals surface area contributed by atoms with Crippen LogP contribution in [0.4, 0.5) is 5.69 Å². The van der Waals surface area contributed by atoms with Gasteiger partial charge >= 0.3 is 0 Å². The molecule has 0 bridgehead atoms. The zero-order chi connectivity index (χ0) is 14.1. The number of carbonyl (C=O) groups is 1. The zero-order valence-electron chi connectivity index (χ0n) is 10.9. The van der Waals surface area contributed by atoms with Crippen LogP contribution in [-0.4, -0.2) is 27.1 Å². The Bertz CT molecular complexity index is 467. The van der Waals surface area contributed by atoms with Crippen molar-refractivity contribution in [1.82, 2.24) is 10.3 Å². The summed E-state index contributed by atoms with van der Waals surface area (Å²) in [5.74, 6) is -0.424. The monoisotopic (exact) mass is 271 g/mol. The molecule has 0 saturated heterocycles. The van der Waals surface area contributed by atoms with Gasteiger partial charge in [0.05, 0.1) is 28.6 Å². The van der Waals surface area contributed by atoms with Gasteiger partial charge in [-0.05, 0) is 33.8 Å². The van der Waals surface area contributed by atoms with E-state index in [-0.39, 0.29) is 10.7 Å². The van der Waals surface area contributed by atoms with Gasteiger partial charge in [-0.1, -0.05) is 11.6 Å². The third kappa shape index (κ3) is 3.11. The Balaban J connectivity index is 3.00. The van der Waals surface area contributed by atoms with Crippen LogP contribution in [0.1, 0.15) is 38.1 Å². The van der Waals surface area contributed by atoms with Gasteiger partial charge in [0.2, 0.25) is 0 Å². The number of aromatic nitrogens is 1. The van der Waals surface area contributed by atoms with Crippen LogP contribution in [0.2, 0.25) is 5.15 Å². The van der Waals surface area contributed by atoms with Gasteiger partial charge in [0.25, 0.3) is 5.91 Å². The minimum Gasteiger partial charge on any atom is -0.397 e. The van der Waals surface area contributed by atoms with Crippen molar-refractivity contribution < 1.29 is 9.90 Å². The molecule has 4 N–H and O–H groups in total. The predicted octanol–water partition coefficient (Wildman–Crippen LogP) is 1.60. The molecule has 6 heteroatoms. The molecule has 0 aliphatic carbocycles. The van der Waals surface area contributed by atoms with E-state index in [1.165, 1.54) is 12.3 Å². The quantitative estimate of drug-likeness (QED) is 0.729. The fraction of sp³-hybridized carbons (Fsp3) is 0.500. The summed E-state index contributed by atoms with van der Waals surface area (Å²) in [6, 6.07) is 1.45. The Morgan fingerprint density at radius 2 is 2.00 bits per heavy atom. The van der Waals surface area contributed by atoms with Crippen LogP contribution in [-0.2, 0) is 0 Å². The Kier molecular flexibility index (Phi) is 3.88. The van der Waals surface area contributed by atoms with E-state index in [1.807, 2.05) is 0 Å². The Hall–Kier alpha value is -1.33. The van der Waals surface area contributed by atoms with Crippen molar-refractivity contribution in [2.45, 2.75) is 38.8 Å². The first-order chi connectivity index (χ1) is 8.04. The smallest absolute Gasteiger partial charge is 0.254 e. The molecule has 0 aliphatic heterocycles. The number of rotatable bonds is 3. The number of anilines is 1. The van der Waals surface area contributed by atoms with E-state index in [1.54, 1.807) is 27.7 Å². The lowest BCUT2D eigenvalue weighted by molar-refractivity contribution is -0.00293. The number of nitrogens with zero attached hydrogens (tertiary/aromatic N) is 1. The molecule has 0 aliphatic rings. The molecule has 0 unspecified atom stereocenters. The van der Waals surface area contributed by atoms with Gasteiger partial charge in [-0.15, -0.1) is 0 Å². The second-order valence-corrected chi connectivity index (χ2v) is 5.60. The largest absolute Gasteiger partial charge is 0.397 e. The first-order valence-corrected chi connectivity index (χ1v) is 5.88. The standard InChI is InChI=1S/C12H18ClN3O2/c1-11(2,12(3,4)18)16-10(17)8-5-7(14)6-15-9(8)13/h5-6,18H,14H2,1-4H3,(H,16,17). The van der Waals surface area contributed by atoms with E-state index in [0.717, 1.165) is 0 Å². The summed E-state index contributed by atoms with van der Waals surface area (Å²) in [6.45, 7) is 6.68. The molecule has 0 radical (unpaired) electrons. The van der Waals surface area contributed by atoms with Gasteiger partial charge in [0.1, 0.15) is 5.15 Å². The number of nitrogens with two attached hydrogens (primary N) is 1. The lowest BCUT2D eigenvalue weighted by Crippen LogP contribution is -2.57. The highest BCUT2D eigenvalue weighted by Crippen LogP contribution is 2.22. The number of hydrogen-bond acceptors (Lipinski definition) is 4. The minimum atomic E-state index is -1.08. The third-order valence-electron chi connectivity index (χ3n) is 3.06. The fourth-order valence-electron chi connectivity index (χ4n) is 1.13. The average Bonchev–Trinajstić information content (AvgIpc) is 2.19. The van der Waals surface area contributed by atoms with Crippen molar-refractivity contribution in [3.63, 3.8) is 0 Å². The highest BCUT2D eigenvalue weighted by Gasteiger charge is 2.36. The number of aliphatic hydroxyl groups is 1. The van der Waals surface area contributed by atoms with Crippen LogP contribution in [0.25, 0.3) is 0 Å². The number of halogens is 1. The summed E-state index contributed by atoms with van der Waals surface area (Å²) in [5, 5.41) is 12.8. The van der Waals surface area contributed by atoms with E-state index in [2.05, 4.69) is 10.3 Å². The molecule has 1 rings (SSSR count). The maximum Gasteiger partial charge on any atom is 0.254 e. The molecule has 0 atom stereocenters. The molecule has 1 aromatic rings. The third-order valence-corrected chi connectivity index (χ3v) is 3.36. The van der Waals surface area contributed by atoms with Gasteiger partial charge in [0.15, 0.2) is 0 Å². The van der Waals surface area contributed by atoms with E-state index >= 15 is 0 Å². The SMILES string of the molecule is CC(C)(O)C(C)(C)NC(=O)c1cc(N)cnc1Cl. The van der Waals surface area contributed by atoms with Crippen LogP contribution < -0.4 is 11.1 Å². The lowest BCUT2D eigenvalue weighted by Gasteiger charge is -2.38. The first kappa shape index (κ1) is 14.7. The molecular weight excluding hydrogens is 254 g/mol. The molecule has 1 aromatic heterocycles. The minimum absolute atomic E-state index is 0.0771. The molecule has 100 valence electrons. The number of carbonyl (C=O) groups excluding carboxylic acids is 1. The molecular formula is C12H18ClN3O2. The highest BCUT2D eigenvalue weighted by molar-refractivity contribution is 6.32. The topological polar surface area (TPSA) is 88.2 Å². The second-order valence-electron chi connectivity index (χ2n) is 5.25. The molecule has 1 amide bonds. The van der Waals surface area contributed by atoms with Crippen molar-refractivity contribution in [2.75, 3.05) is 5.73 Å². The van der Waals surface area contributed by atoms with Crippen LogP contribution in [0.5, 0.6) is 0 Å². The molecule has 0 fully saturated rings. The van der Waals surface area contributed by atoms with Gasteiger partial charge in [-0.3, -0.25) is 4.79 Å². The van der Waals surface area contributed by atoms with E-state index in [4.69, 9.17) is 17.3 Å². The summed E-state index contributed by atoms with van der Waals surface area (Å²) in [4.78, 5) is 15.9. The van der Waals surface area contributed by atoms with E-state index in [0.29, 0.717) is 5.69 Å². The van der Waals surface area contributed by atoms with Gasteiger partial charge in [-0.25, -0.2) is 4.98 Å². The van der Waals surface area contributed by atoms with Crippen molar-refractivity contribution in [1.29, 1.82) is 0 Å². The fourth-order valence-corrected chi connectivity index (χ4v) is 1.32. The van der Waals surface area contributed by atoms with Crippen LogP contribution >= 0.6 is 11.6 Å². The average molecular weight is 272 g/mol. The maximum atomic E-state index is 12.1. The van der Waals surface area contributed by atoms with E-state index in [9.17, 15) is 9.90 Å². The summed E-state index contributed by atoms with van der Waals surface area (Å²) in [6.07, 6.45) is 1.38. The second kappa shape index (κ2) is 4.74. The number of nitrogens with one attached hydrogen (secondary N) is 1. The molecule has 18 heavy (non-hydrogen) atoms. The Labute approximate surface area is 111 Å². The summed E-state index contributed by atoms with van der Waals surface area (Å²) in [5.41, 5.74) is 4.20. The molecule has 0 saturated carbocycles. The molecule has 0 aromatic carbocycles. The van der Waals surface area contributed by atoms with Gasteiger partial charge < -0.3 is 16.2 Å². The predicted molar refractivity (Wildman–Crippen MR) is 71.5 cm³/mol. The Morgan fingerprint density at radius 3 is 2.50 bits per heavy atom. The molecule has 5 nitrogen and oxygen atoms in total. The number of amides is 1. The van der Waals surface area contributed by atoms with E-state index < -0.39 is 17.0 Å². The lowest BCUT2D eigenvalue weighted by atomic mass is 9.86. The molecule has 1 heterocycles. The highest BCUT2D eigenvalue weighted by atomic mass is 35.5. The van der Waals surface area contributed by atoms with Crippen LogP contribution in [0.15, 0.2) is 12.3 Å². The van der Waals surface area contributed by atoms with Crippen molar-refractivity contribution in [3.05, 3.63) is 23.0 Å². The normalized spacial score (nSPS) is 12.3. The number of nitrogen functional groups attached to an aromatic ring is 1. The zero-order valence-corrected chi connectivity index (χ0v) is 11.7. The summed E-state index contributed by atoms with van der Waals surface area (Å²) >= 11 is 5.84. The summed E-state index contributed by atoms with van der Waals surface area (Å²) in [7, 11) is 0. The number of pyridine rings is 1. The molecule has 0 spiro atoms. The van der Waals surface area contributed by atoms with Gasteiger partial charge in [-0.2, -0.15) is 0 Å². The van der Waals surface area contributed by atoms with Crippen LogP contribution in [0.3, 0.4) is 0 Å². The van der Waals surface area contributed by atoms with Crippen molar-refractivity contribution in [2.24, 2.45) is 0 Å². The van der Waals surface area contributed by atoms with Gasteiger partial charge in [0, 0.05) is 0 Å². The van der Waals surface area contributed by atoms with Crippen molar-refractivity contribution in [3.8, 4) is 0 Å². The Morgan fingerprint density at radius 1 is 1.44 bits per heavy atom. The van der Waals surface area contributed by atoms with Crippen molar-refractivity contribution >= 4 is 23.2 Å². The maximum absolute atomic E-state index is 12.1.